The van der Waals surface area contributed by atoms with Crippen molar-refractivity contribution >= 4 is 17.4 Å². The Balaban J connectivity index is 2.03. The Bertz CT molecular complexity index is 642. The quantitative estimate of drug-likeness (QED) is 0.837. The van der Waals surface area contributed by atoms with Gasteiger partial charge >= 0.3 is 6.03 Å². The van der Waals surface area contributed by atoms with Crippen molar-refractivity contribution in [3.05, 3.63) is 54.1 Å². The largest absolute Gasteiger partial charge is 0.497 e. The molecule has 0 bridgehead atoms. The number of hydrogen-bond donors (Lipinski definition) is 2. The first-order valence-corrected chi connectivity index (χ1v) is 6.00. The highest BCUT2D eigenvalue weighted by Crippen LogP contribution is 2.17. The van der Waals surface area contributed by atoms with E-state index in [1.165, 1.54) is 0 Å². The molecular weight excluding hydrogens is 252 g/mol. The number of carbonyl (C=O) groups is 1. The number of ether oxygens (including phenoxy) is 1. The molecule has 2 aromatic carbocycles. The Hall–Kier alpha value is -2.93. The summed E-state index contributed by atoms with van der Waals surface area (Å²) in [5.41, 5.74) is 1.90. The molecule has 2 aromatic rings. The van der Waals surface area contributed by atoms with Crippen molar-refractivity contribution in [1.29, 1.82) is 0 Å². The van der Waals surface area contributed by atoms with Crippen LogP contribution in [0.25, 0.3) is 0 Å². The van der Waals surface area contributed by atoms with Gasteiger partial charge in [0.15, 0.2) is 0 Å². The van der Waals surface area contributed by atoms with E-state index in [2.05, 4.69) is 16.6 Å². The molecule has 0 atom stereocenters. The fourth-order valence-corrected chi connectivity index (χ4v) is 1.68. The van der Waals surface area contributed by atoms with Crippen LogP contribution in [0.4, 0.5) is 16.2 Å². The molecule has 4 heteroatoms. The van der Waals surface area contributed by atoms with E-state index in [1.807, 2.05) is 12.1 Å². The van der Waals surface area contributed by atoms with Crippen molar-refractivity contribution in [3.8, 4) is 18.1 Å². The number of terminal acetylenes is 1. The molecular formula is C16H14N2O2. The van der Waals surface area contributed by atoms with Crippen LogP contribution in [0, 0.1) is 12.3 Å². The van der Waals surface area contributed by atoms with Crippen LogP contribution in [-0.4, -0.2) is 13.1 Å². The van der Waals surface area contributed by atoms with Crippen LogP contribution in [0.2, 0.25) is 0 Å². The molecule has 0 saturated heterocycles. The molecule has 0 aliphatic carbocycles. The Morgan fingerprint density at radius 2 is 1.80 bits per heavy atom. The van der Waals surface area contributed by atoms with Crippen LogP contribution in [-0.2, 0) is 0 Å². The van der Waals surface area contributed by atoms with Crippen molar-refractivity contribution < 1.29 is 9.53 Å². The van der Waals surface area contributed by atoms with E-state index in [0.717, 1.165) is 5.75 Å². The Morgan fingerprint density at radius 3 is 2.45 bits per heavy atom. The van der Waals surface area contributed by atoms with Crippen LogP contribution in [0.15, 0.2) is 48.5 Å². The SMILES string of the molecule is C#Cc1ccccc1NC(=O)Nc1ccc(OC)cc1. The predicted octanol–water partition coefficient (Wildman–Crippen LogP) is 3.32. The molecule has 0 spiro atoms. The van der Waals surface area contributed by atoms with Crippen LogP contribution >= 0.6 is 0 Å². The molecule has 0 fully saturated rings. The van der Waals surface area contributed by atoms with E-state index < -0.39 is 0 Å². The first-order chi connectivity index (χ1) is 9.72. The second-order valence-electron chi connectivity index (χ2n) is 4.00. The Kier molecular flexibility index (Phi) is 4.25. The topological polar surface area (TPSA) is 50.4 Å². The van der Waals surface area contributed by atoms with Crippen LogP contribution in [0.3, 0.4) is 0 Å². The van der Waals surface area contributed by atoms with Crippen molar-refractivity contribution in [3.63, 3.8) is 0 Å². The summed E-state index contributed by atoms with van der Waals surface area (Å²) in [6.07, 6.45) is 5.38. The third-order valence-corrected chi connectivity index (χ3v) is 2.68. The lowest BCUT2D eigenvalue weighted by atomic mass is 10.2. The van der Waals surface area contributed by atoms with Gasteiger partial charge in [0.05, 0.1) is 12.8 Å². The van der Waals surface area contributed by atoms with Gasteiger partial charge in [0.2, 0.25) is 0 Å². The second-order valence-corrected chi connectivity index (χ2v) is 4.00. The summed E-state index contributed by atoms with van der Waals surface area (Å²) in [6, 6.07) is 13.8. The predicted molar refractivity (Wildman–Crippen MR) is 80.0 cm³/mol. The Morgan fingerprint density at radius 1 is 1.10 bits per heavy atom. The van der Waals surface area contributed by atoms with Crippen LogP contribution in [0.5, 0.6) is 5.75 Å². The van der Waals surface area contributed by atoms with Crippen LogP contribution < -0.4 is 15.4 Å². The number of nitrogens with one attached hydrogen (secondary N) is 2. The standard InChI is InChI=1S/C16H14N2O2/c1-3-12-6-4-5-7-15(12)18-16(19)17-13-8-10-14(20-2)11-9-13/h1,4-11H,2H3,(H2,17,18,19). The normalized spacial score (nSPS) is 9.40. The number of urea groups is 1. The summed E-state index contributed by atoms with van der Waals surface area (Å²) in [4.78, 5) is 11.9. The number of methoxy groups -OCH3 is 1. The zero-order valence-electron chi connectivity index (χ0n) is 11.0. The highest BCUT2D eigenvalue weighted by atomic mass is 16.5. The smallest absolute Gasteiger partial charge is 0.323 e. The first-order valence-electron chi connectivity index (χ1n) is 6.00. The van der Waals surface area contributed by atoms with E-state index >= 15 is 0 Å². The summed E-state index contributed by atoms with van der Waals surface area (Å²) in [5, 5.41) is 5.43. The third kappa shape index (κ3) is 3.30. The molecule has 0 aliphatic rings. The van der Waals surface area contributed by atoms with Gasteiger partial charge in [-0.3, -0.25) is 0 Å². The number of hydrogen-bond acceptors (Lipinski definition) is 2. The lowest BCUT2D eigenvalue weighted by Gasteiger charge is -2.09. The molecule has 2 amide bonds. The maximum Gasteiger partial charge on any atom is 0.323 e. The van der Waals surface area contributed by atoms with Gasteiger partial charge in [0, 0.05) is 11.3 Å². The maximum atomic E-state index is 11.9. The monoisotopic (exact) mass is 266 g/mol. The van der Waals surface area contributed by atoms with Crippen molar-refractivity contribution in [1.82, 2.24) is 0 Å². The summed E-state index contributed by atoms with van der Waals surface area (Å²) in [6.45, 7) is 0. The zero-order valence-corrected chi connectivity index (χ0v) is 11.0. The second kappa shape index (κ2) is 6.30. The molecule has 2 N–H and O–H groups in total. The average molecular weight is 266 g/mol. The molecule has 0 aromatic heterocycles. The molecule has 4 nitrogen and oxygen atoms in total. The average Bonchev–Trinajstić information content (AvgIpc) is 2.48. The van der Waals surface area contributed by atoms with Crippen molar-refractivity contribution in [2.24, 2.45) is 0 Å². The van der Waals surface area contributed by atoms with E-state index in [4.69, 9.17) is 11.2 Å². The lowest BCUT2D eigenvalue weighted by molar-refractivity contribution is 0.262. The molecule has 0 saturated carbocycles. The molecule has 100 valence electrons. The molecule has 0 aliphatic heterocycles. The van der Waals surface area contributed by atoms with Gasteiger partial charge in [-0.15, -0.1) is 6.42 Å². The minimum absolute atomic E-state index is 0.349. The van der Waals surface area contributed by atoms with Crippen molar-refractivity contribution in [2.75, 3.05) is 17.7 Å². The number of amides is 2. The van der Waals surface area contributed by atoms with Gasteiger partial charge in [0.25, 0.3) is 0 Å². The third-order valence-electron chi connectivity index (χ3n) is 2.68. The van der Waals surface area contributed by atoms with Gasteiger partial charge in [0.1, 0.15) is 5.75 Å². The summed E-state index contributed by atoms with van der Waals surface area (Å²) >= 11 is 0. The lowest BCUT2D eigenvalue weighted by Crippen LogP contribution is -2.19. The fourth-order valence-electron chi connectivity index (χ4n) is 1.68. The molecule has 0 radical (unpaired) electrons. The van der Waals surface area contributed by atoms with Crippen LogP contribution in [0.1, 0.15) is 5.56 Å². The van der Waals surface area contributed by atoms with E-state index in [9.17, 15) is 4.79 Å². The molecule has 0 heterocycles. The van der Waals surface area contributed by atoms with Gasteiger partial charge < -0.3 is 15.4 Å². The zero-order chi connectivity index (χ0) is 14.4. The minimum Gasteiger partial charge on any atom is -0.497 e. The fraction of sp³-hybridized carbons (Fsp3) is 0.0625. The summed E-state index contributed by atoms with van der Waals surface area (Å²) in [7, 11) is 1.59. The maximum absolute atomic E-state index is 11.9. The number of anilines is 2. The molecule has 20 heavy (non-hydrogen) atoms. The molecule has 0 unspecified atom stereocenters. The van der Waals surface area contributed by atoms with E-state index in [0.29, 0.717) is 16.9 Å². The highest BCUT2D eigenvalue weighted by molar-refractivity contribution is 6.00. The number of rotatable bonds is 3. The summed E-state index contributed by atoms with van der Waals surface area (Å²) < 4.78 is 5.05. The first kappa shape index (κ1) is 13.5. The van der Waals surface area contributed by atoms with E-state index in [1.54, 1.807) is 43.5 Å². The van der Waals surface area contributed by atoms with Gasteiger partial charge in [-0.1, -0.05) is 18.1 Å². The van der Waals surface area contributed by atoms with Gasteiger partial charge in [-0.2, -0.15) is 0 Å². The van der Waals surface area contributed by atoms with Gasteiger partial charge in [-0.25, -0.2) is 4.79 Å². The molecule has 2 rings (SSSR count). The Labute approximate surface area is 117 Å². The minimum atomic E-state index is -0.349. The summed E-state index contributed by atoms with van der Waals surface area (Å²) in [5.74, 6) is 3.25. The van der Waals surface area contributed by atoms with Gasteiger partial charge in [-0.05, 0) is 36.4 Å². The number of para-hydroxylation sites is 1. The van der Waals surface area contributed by atoms with Crippen molar-refractivity contribution in [2.45, 2.75) is 0 Å². The number of carbonyl (C=O) groups excluding carboxylic acids is 1. The van der Waals surface area contributed by atoms with E-state index in [-0.39, 0.29) is 6.03 Å². The number of benzene rings is 2. The highest BCUT2D eigenvalue weighted by Gasteiger charge is 2.05.